The van der Waals surface area contributed by atoms with Gasteiger partial charge in [-0.1, -0.05) is 26.0 Å². The molecule has 2 aromatic carbocycles. The van der Waals surface area contributed by atoms with E-state index in [0.717, 1.165) is 6.07 Å². The molecule has 3 rings (SSSR count). The Bertz CT molecular complexity index is 1020. The highest BCUT2D eigenvalue weighted by Crippen LogP contribution is 2.37. The molecule has 0 spiro atoms. The van der Waals surface area contributed by atoms with E-state index in [1.165, 1.54) is 29.4 Å². The molecule has 0 fully saturated rings. The first-order valence-corrected chi connectivity index (χ1v) is 9.98. The van der Waals surface area contributed by atoms with Gasteiger partial charge in [-0.2, -0.15) is 13.2 Å². The fraction of sp³-hybridized carbons (Fsp3) is 0.273. The minimum absolute atomic E-state index is 0.0866. The molecule has 0 saturated heterocycles. The summed E-state index contributed by atoms with van der Waals surface area (Å²) in [6.45, 7) is 6.65. The predicted molar refractivity (Wildman–Crippen MR) is 117 cm³/mol. The molecular formula is C22H26F3N5O2. The molecule has 172 valence electrons. The van der Waals surface area contributed by atoms with E-state index in [4.69, 9.17) is 20.7 Å². The van der Waals surface area contributed by atoms with Gasteiger partial charge in [-0.3, -0.25) is 5.01 Å². The van der Waals surface area contributed by atoms with Crippen LogP contribution < -0.4 is 16.6 Å². The van der Waals surface area contributed by atoms with Crippen molar-refractivity contribution in [1.82, 2.24) is 10.2 Å². The highest BCUT2D eigenvalue weighted by atomic mass is 19.4. The number of rotatable bonds is 7. The Morgan fingerprint density at radius 3 is 2.31 bits per heavy atom. The van der Waals surface area contributed by atoms with Crippen LogP contribution in [-0.2, 0) is 10.9 Å². The number of nitrogens with two attached hydrogens (primary N) is 2. The Labute approximate surface area is 184 Å². The van der Waals surface area contributed by atoms with Crippen molar-refractivity contribution in [2.75, 3.05) is 18.2 Å². The molecule has 0 atom stereocenters. The molecule has 7 nitrogen and oxygen atoms in total. The average Bonchev–Trinajstić information content (AvgIpc) is 3.29. The van der Waals surface area contributed by atoms with Crippen LogP contribution in [0.2, 0.25) is 0 Å². The first-order chi connectivity index (χ1) is 15.3. The Balaban J connectivity index is 0.00000176. The van der Waals surface area contributed by atoms with Crippen molar-refractivity contribution >= 4 is 5.69 Å². The maximum Gasteiger partial charge on any atom is 0.417 e. The summed E-state index contributed by atoms with van der Waals surface area (Å²) in [6.07, 6.45) is -3.00. The highest BCUT2D eigenvalue weighted by molar-refractivity contribution is 5.63. The summed E-state index contributed by atoms with van der Waals surface area (Å²) in [5.74, 6) is 5.83. The van der Waals surface area contributed by atoms with Crippen LogP contribution in [0.5, 0.6) is 0 Å². The number of benzene rings is 2. The van der Waals surface area contributed by atoms with Crippen molar-refractivity contribution in [1.29, 1.82) is 0 Å². The minimum atomic E-state index is -4.53. The number of alkyl halides is 3. The Morgan fingerprint density at radius 1 is 1.06 bits per heavy atom. The third-order valence-corrected chi connectivity index (χ3v) is 4.08. The molecule has 0 bridgehead atoms. The summed E-state index contributed by atoms with van der Waals surface area (Å²) < 4.78 is 50.3. The summed E-state index contributed by atoms with van der Waals surface area (Å²) in [5, 5.41) is 8.97. The SMILES string of the molecule is CC.CCOC/C(N)=C/N(N)c1ccc(-c2nnc(-c3ccccc3C(F)(F)F)o2)cc1. The number of halogens is 3. The molecule has 0 aliphatic heterocycles. The summed E-state index contributed by atoms with van der Waals surface area (Å²) in [7, 11) is 0. The van der Waals surface area contributed by atoms with Gasteiger partial charge in [0.1, 0.15) is 0 Å². The van der Waals surface area contributed by atoms with Crippen LogP contribution in [0.15, 0.2) is 64.8 Å². The lowest BCUT2D eigenvalue weighted by Gasteiger charge is -2.15. The van der Waals surface area contributed by atoms with Gasteiger partial charge < -0.3 is 14.9 Å². The largest absolute Gasteiger partial charge is 0.417 e. The van der Waals surface area contributed by atoms with Crippen LogP contribution in [-0.4, -0.2) is 23.4 Å². The van der Waals surface area contributed by atoms with E-state index in [2.05, 4.69) is 10.2 Å². The maximum absolute atomic E-state index is 13.2. The topological polar surface area (TPSA) is 103 Å². The van der Waals surface area contributed by atoms with Gasteiger partial charge in [0.15, 0.2) is 0 Å². The number of hydrogen-bond donors (Lipinski definition) is 2. The molecule has 0 saturated carbocycles. The van der Waals surface area contributed by atoms with Gasteiger partial charge in [-0.05, 0) is 43.3 Å². The normalized spacial score (nSPS) is 11.7. The first-order valence-electron chi connectivity index (χ1n) is 9.98. The van der Waals surface area contributed by atoms with Gasteiger partial charge in [0.2, 0.25) is 11.8 Å². The Morgan fingerprint density at radius 2 is 1.69 bits per heavy atom. The van der Waals surface area contributed by atoms with Gasteiger partial charge in [0.05, 0.1) is 29.1 Å². The van der Waals surface area contributed by atoms with Crippen molar-refractivity contribution in [3.05, 3.63) is 66.0 Å². The van der Waals surface area contributed by atoms with Crippen molar-refractivity contribution in [3.8, 4) is 22.9 Å². The summed E-state index contributed by atoms with van der Waals surface area (Å²) >= 11 is 0. The van der Waals surface area contributed by atoms with E-state index in [0.29, 0.717) is 23.6 Å². The van der Waals surface area contributed by atoms with Crippen LogP contribution in [0.3, 0.4) is 0 Å². The quantitative estimate of drug-likeness (QED) is 0.388. The second-order valence-electron chi connectivity index (χ2n) is 6.25. The molecule has 1 aromatic heterocycles. The van der Waals surface area contributed by atoms with Gasteiger partial charge in [0, 0.05) is 18.4 Å². The molecule has 10 heteroatoms. The molecule has 0 radical (unpaired) electrons. The molecule has 32 heavy (non-hydrogen) atoms. The minimum Gasteiger partial charge on any atom is -0.416 e. The fourth-order valence-electron chi connectivity index (χ4n) is 2.65. The number of aromatic nitrogens is 2. The maximum atomic E-state index is 13.2. The van der Waals surface area contributed by atoms with E-state index in [1.807, 2.05) is 20.8 Å². The lowest BCUT2D eigenvalue weighted by atomic mass is 10.1. The zero-order valence-electron chi connectivity index (χ0n) is 18.1. The standard InChI is InChI=1S/C20H20F3N5O2.C2H6/c1-2-29-12-14(24)11-28(25)15-9-7-13(8-10-15)18-26-27-19(30-18)16-5-3-4-6-17(16)20(21,22)23;1-2/h3-11H,2,12,24-25H2,1H3;1-2H3/b14-11-;. The zero-order valence-corrected chi connectivity index (χ0v) is 18.1. The van der Waals surface area contributed by atoms with Crippen LogP contribution >= 0.6 is 0 Å². The Hall–Kier alpha value is -3.37. The van der Waals surface area contributed by atoms with Crippen molar-refractivity contribution in [2.45, 2.75) is 26.9 Å². The van der Waals surface area contributed by atoms with Gasteiger partial charge in [-0.15, -0.1) is 10.2 Å². The van der Waals surface area contributed by atoms with Crippen molar-refractivity contribution < 1.29 is 22.3 Å². The smallest absolute Gasteiger partial charge is 0.416 e. The fourth-order valence-corrected chi connectivity index (χ4v) is 2.65. The van der Waals surface area contributed by atoms with E-state index < -0.39 is 11.7 Å². The van der Waals surface area contributed by atoms with Crippen LogP contribution in [0.4, 0.5) is 18.9 Å². The van der Waals surface area contributed by atoms with Crippen LogP contribution in [0.25, 0.3) is 22.9 Å². The van der Waals surface area contributed by atoms with Crippen LogP contribution in [0.1, 0.15) is 26.3 Å². The predicted octanol–water partition coefficient (Wildman–Crippen LogP) is 4.97. The first kappa shape index (κ1) is 24.9. The third kappa shape index (κ3) is 6.32. The number of hydrazine groups is 1. The molecule has 1 heterocycles. The number of anilines is 1. The molecular weight excluding hydrogens is 423 g/mol. The second-order valence-corrected chi connectivity index (χ2v) is 6.25. The number of ether oxygens (including phenoxy) is 1. The van der Waals surface area contributed by atoms with E-state index in [9.17, 15) is 13.2 Å². The second kappa shape index (κ2) is 11.3. The molecule has 0 amide bonds. The number of nitrogens with zero attached hydrogens (tertiary/aromatic N) is 3. The monoisotopic (exact) mass is 449 g/mol. The lowest BCUT2D eigenvalue weighted by Crippen LogP contribution is -2.26. The van der Waals surface area contributed by atoms with E-state index in [1.54, 1.807) is 24.3 Å². The Kier molecular flexibility index (Phi) is 8.80. The van der Waals surface area contributed by atoms with Gasteiger partial charge >= 0.3 is 6.18 Å². The van der Waals surface area contributed by atoms with Crippen LogP contribution in [0, 0.1) is 0 Å². The zero-order chi connectivity index (χ0) is 23.7. The summed E-state index contributed by atoms with van der Waals surface area (Å²) in [6, 6.07) is 11.7. The van der Waals surface area contributed by atoms with Gasteiger partial charge in [0.25, 0.3) is 0 Å². The molecule has 4 N–H and O–H groups in total. The molecule has 0 aliphatic rings. The summed E-state index contributed by atoms with van der Waals surface area (Å²) in [4.78, 5) is 0. The highest BCUT2D eigenvalue weighted by Gasteiger charge is 2.34. The van der Waals surface area contributed by atoms with Gasteiger partial charge in [-0.25, -0.2) is 5.84 Å². The summed E-state index contributed by atoms with van der Waals surface area (Å²) in [5.41, 5.74) is 6.41. The molecule has 0 aliphatic carbocycles. The molecule has 0 unspecified atom stereocenters. The van der Waals surface area contributed by atoms with Crippen molar-refractivity contribution in [3.63, 3.8) is 0 Å². The van der Waals surface area contributed by atoms with E-state index >= 15 is 0 Å². The lowest BCUT2D eigenvalue weighted by molar-refractivity contribution is -0.137. The number of hydrogen-bond acceptors (Lipinski definition) is 7. The third-order valence-electron chi connectivity index (χ3n) is 4.08. The van der Waals surface area contributed by atoms with Crippen molar-refractivity contribution in [2.24, 2.45) is 11.6 Å². The average molecular weight is 449 g/mol. The van der Waals surface area contributed by atoms with E-state index in [-0.39, 0.29) is 24.0 Å². The molecule has 3 aromatic rings.